The summed E-state index contributed by atoms with van der Waals surface area (Å²) in [5, 5.41) is 22.2. The second-order valence-corrected chi connectivity index (χ2v) is 38.3. The number of nitrogens with one attached hydrogen (secondary N) is 6. The smallest absolute Gasteiger partial charge is 0.210 e. The maximum absolute atomic E-state index is 6.83. The molecule has 12 aromatic carbocycles. The Morgan fingerprint density at radius 2 is 0.721 bits per heavy atom. The van der Waals surface area contributed by atoms with Crippen LogP contribution in [0.4, 0.5) is 17.1 Å². The van der Waals surface area contributed by atoms with Crippen LogP contribution in [0, 0.1) is 20.8 Å². The molecular weight excluding hydrogens is 1590 g/mol. The van der Waals surface area contributed by atoms with E-state index in [1.807, 2.05) is 0 Å². The zero-order chi connectivity index (χ0) is 85.5. The second kappa shape index (κ2) is 32.3. The fraction of sp³-hybridized carbons (Fsp3) is 0.316. The van der Waals surface area contributed by atoms with E-state index in [1.54, 1.807) is 11.1 Å². The molecule has 642 valence electrons. The maximum atomic E-state index is 6.83. The summed E-state index contributed by atoms with van der Waals surface area (Å²) in [4.78, 5) is 16.4. The molecule has 0 fully saturated rings. The van der Waals surface area contributed by atoms with E-state index in [2.05, 4.69) is 247 Å². The highest BCUT2D eigenvalue weighted by Gasteiger charge is 2.36. The molecule has 0 aromatic heterocycles. The van der Waals surface area contributed by atoms with Crippen LogP contribution in [0.3, 0.4) is 0 Å². The fourth-order valence-corrected chi connectivity index (χ4v) is 23.5. The largest absolute Gasteiger partial charge is 0.456 e. The molecule has 0 atom stereocenters. The molecule has 0 spiro atoms. The highest BCUT2D eigenvalue weighted by atomic mass is 16.5. The summed E-state index contributed by atoms with van der Waals surface area (Å²) in [5.41, 5.74) is 32.2. The molecule has 18 aliphatic heterocycles. The van der Waals surface area contributed by atoms with E-state index in [0.29, 0.717) is 0 Å². The number of ether oxygens (including phenoxy) is 6. The van der Waals surface area contributed by atoms with Gasteiger partial charge in [-0.3, -0.25) is 0 Å². The van der Waals surface area contributed by atoms with Gasteiger partial charge in [-0.25, -0.2) is 29.1 Å². The van der Waals surface area contributed by atoms with Gasteiger partial charge in [0, 0.05) is 211 Å². The Morgan fingerprint density at radius 3 is 1.34 bits per heavy atom. The Kier molecular flexibility index (Phi) is 19.5. The van der Waals surface area contributed by atoms with Crippen LogP contribution in [0.15, 0.2) is 146 Å². The lowest BCUT2D eigenvalue weighted by molar-refractivity contribution is -0.505. The van der Waals surface area contributed by atoms with Crippen LogP contribution in [0.2, 0.25) is 0 Å². The zero-order valence-electron chi connectivity index (χ0n) is 74.4. The standard InChI is InChI=1S/C25H27N2O.C20H20NO.C19H18N2O.C17H14N2O.C17H15NO.C16H13NO/c1-5-16-13-18-15-19-14-17-6-2-10-27-12-4-8-21(23(17)27)25(19)28-24(18)20-7-3-11-26(9-1)22(16)20;1-13-6-7-14-11-16-12-15-4-2-8-21-9-3-5-17(19(15)21)20(16)22-18(14)10-13;1-3-12-7-14-9-15-8-13-4-2-6-21-17(13)11-19(15)22-18(14)10-16(12)20-5-1;1-3-14-12(5-7-18-14)16-10(1)9-11-2-4-15-13(6-8-19-15)17(11)20-16;1-11-4-5-13-9-14-8-12-3-2-6-18-15(12)10-17(14)19-16(13)7-11;1-10-2-3-11-9-12-4-5-14-13(6-7-17-14)16(12)18-15(11)8-10/h13-15H,1-12H2;6-7,10-12H,2-5,8-9H2,1H3;7-11,20H,1-6H2;1-4,9,18H,5-8H2;4-5,7-10H,2-3,6H2,1H3;2-5,8-9H,6-7H2,1H3/q2*+1;;;;/p+4. The van der Waals surface area contributed by atoms with Crippen molar-refractivity contribution in [2.24, 2.45) is 0 Å². The molecule has 18 aliphatic rings. The number of nitrogens with zero attached hydrogens (tertiary/aromatic N) is 3. The van der Waals surface area contributed by atoms with Crippen molar-refractivity contribution in [1.82, 2.24) is 9.15 Å². The first-order chi connectivity index (χ1) is 63.5. The van der Waals surface area contributed by atoms with Crippen molar-refractivity contribution in [3.05, 3.63) is 326 Å². The van der Waals surface area contributed by atoms with Crippen LogP contribution in [0.1, 0.15) is 175 Å². The first-order valence-electron chi connectivity index (χ1n) is 48.2. The van der Waals surface area contributed by atoms with Gasteiger partial charge in [0.25, 0.3) is 0 Å². The van der Waals surface area contributed by atoms with E-state index < -0.39 is 0 Å². The number of fused-ring (bicyclic) bond motifs is 24. The van der Waals surface area contributed by atoms with Crippen molar-refractivity contribution < 1.29 is 48.4 Å². The summed E-state index contributed by atoms with van der Waals surface area (Å²) in [6, 6.07) is 52.7. The monoisotopic (exact) mass is 1700 g/mol. The van der Waals surface area contributed by atoms with Crippen molar-refractivity contribution in [1.29, 1.82) is 0 Å². The van der Waals surface area contributed by atoms with Crippen LogP contribution in [-0.2, 0) is 77.0 Å². The van der Waals surface area contributed by atoms with Gasteiger partial charge in [0.05, 0.1) is 34.4 Å². The van der Waals surface area contributed by atoms with Crippen LogP contribution in [0.25, 0.3) is 36.5 Å². The Hall–Kier alpha value is -13.1. The van der Waals surface area contributed by atoms with E-state index >= 15 is 0 Å². The second-order valence-electron chi connectivity index (χ2n) is 38.3. The Labute approximate surface area is 751 Å². The van der Waals surface area contributed by atoms with Gasteiger partial charge in [-0.05, 0) is 247 Å². The van der Waals surface area contributed by atoms with Crippen LogP contribution in [-0.4, -0.2) is 78.5 Å². The first kappa shape index (κ1) is 78.1. The quantitative estimate of drug-likeness (QED) is 0.0973. The molecule has 15 heteroatoms. The molecule has 0 aliphatic carbocycles. The minimum Gasteiger partial charge on any atom is -0.456 e. The molecule has 129 heavy (non-hydrogen) atoms. The van der Waals surface area contributed by atoms with Crippen molar-refractivity contribution in [3.63, 3.8) is 0 Å². The SMILES string of the molecule is C1=c2cc3c(cc2Oc2cc4c(cc21)CCCN4)=[NH+]CCC3.C1=c2cc3c4c(c2Oc2c1cc1c5c2CCCN5CCC1)CCC[N+]=4CCC3.C1=c2ccc3c(c2Oc2c1ccc1c2CCN1)CC[NH+]=3.Cc1ccc2c(c1)Oc1c3c(ccc1=C2)=[NH+]CC3.Cc1ccc2c(c1)Oc1c3c4c(cc1=C2)CCC[N+]=4CCC3.Cc1ccc2c(c1)Oc1cc3c(cc1=C2)CCC[NH+]=3. The average Bonchev–Trinajstić information content (AvgIpc) is 0.809. The number of rotatable bonds is 0. The van der Waals surface area contributed by atoms with Gasteiger partial charge < -0.3 is 44.0 Å². The Bertz CT molecular complexity index is 7750. The van der Waals surface area contributed by atoms with Crippen molar-refractivity contribution in [2.45, 2.75) is 156 Å². The highest BCUT2D eigenvalue weighted by molar-refractivity contribution is 5.79. The van der Waals surface area contributed by atoms with Gasteiger partial charge in [0.1, 0.15) is 121 Å². The number of hydrogen-bond acceptors (Lipinski definition) is 9. The van der Waals surface area contributed by atoms with Crippen molar-refractivity contribution in [2.75, 3.05) is 94.1 Å². The summed E-state index contributed by atoms with van der Waals surface area (Å²) in [6.07, 6.45) is 38.7. The van der Waals surface area contributed by atoms with Gasteiger partial charge in [-0.1, -0.05) is 36.4 Å². The summed E-state index contributed by atoms with van der Waals surface area (Å²) >= 11 is 0. The summed E-state index contributed by atoms with van der Waals surface area (Å²) in [5.74, 6) is 12.4. The van der Waals surface area contributed by atoms with Gasteiger partial charge in [0.2, 0.25) is 32.1 Å². The summed E-state index contributed by atoms with van der Waals surface area (Å²) in [7, 11) is 0. The molecule has 0 amide bonds. The predicted octanol–water partition coefficient (Wildman–Crippen LogP) is 6.25. The molecule has 30 rings (SSSR count). The van der Waals surface area contributed by atoms with Gasteiger partial charge >= 0.3 is 0 Å². The molecule has 15 nitrogen and oxygen atoms in total. The van der Waals surface area contributed by atoms with Crippen LogP contribution < -0.4 is 137 Å². The minimum atomic E-state index is 0.961. The number of anilines is 3. The topological polar surface area (TPSA) is 145 Å². The average molecular weight is 1700 g/mol. The molecule has 0 saturated heterocycles. The molecular formula is C114H111N9O6+6. The summed E-state index contributed by atoms with van der Waals surface area (Å²) < 4.78 is 43.1. The van der Waals surface area contributed by atoms with Crippen LogP contribution >= 0.6 is 0 Å². The molecule has 0 radical (unpaired) electrons. The lowest BCUT2D eigenvalue weighted by Gasteiger charge is -2.38. The van der Waals surface area contributed by atoms with Gasteiger partial charge in [0.15, 0.2) is 0 Å². The van der Waals surface area contributed by atoms with E-state index in [0.717, 1.165) is 155 Å². The third-order valence-corrected chi connectivity index (χ3v) is 29.6. The van der Waals surface area contributed by atoms with Crippen LogP contribution in [0.5, 0.6) is 69.0 Å². The molecule has 0 saturated carbocycles. The fourth-order valence-electron chi connectivity index (χ4n) is 23.5. The third kappa shape index (κ3) is 14.3. The van der Waals surface area contributed by atoms with Crippen molar-refractivity contribution in [3.8, 4) is 69.0 Å². The summed E-state index contributed by atoms with van der Waals surface area (Å²) in [6.45, 7) is 19.8. The number of benzene rings is 12. The Morgan fingerprint density at radius 1 is 0.271 bits per heavy atom. The molecule has 18 heterocycles. The lowest BCUT2D eigenvalue weighted by Crippen LogP contribution is -2.79. The third-order valence-electron chi connectivity index (χ3n) is 29.6. The maximum Gasteiger partial charge on any atom is 0.210 e. The number of aryl methyl sites for hydroxylation is 9. The first-order valence-corrected chi connectivity index (χ1v) is 48.2. The lowest BCUT2D eigenvalue weighted by atomic mass is 9.87. The normalized spacial score (nSPS) is 17.5. The van der Waals surface area contributed by atoms with Crippen molar-refractivity contribution >= 4 is 53.5 Å². The minimum absolute atomic E-state index is 0.961. The van der Waals surface area contributed by atoms with E-state index in [9.17, 15) is 0 Å². The molecule has 0 bridgehead atoms. The predicted molar refractivity (Wildman–Crippen MR) is 506 cm³/mol. The van der Waals surface area contributed by atoms with E-state index in [1.165, 1.54) is 314 Å². The van der Waals surface area contributed by atoms with E-state index in [-0.39, 0.29) is 0 Å². The molecule has 6 N–H and O–H groups in total. The zero-order valence-corrected chi connectivity index (χ0v) is 74.4. The van der Waals surface area contributed by atoms with Gasteiger partial charge in [-0.15, -0.1) is 0 Å². The number of hydrogen-bond donors (Lipinski definition) is 6. The molecule has 0 unspecified atom stereocenters. The highest BCUT2D eigenvalue weighted by Crippen LogP contribution is 2.47. The Balaban J connectivity index is 0.0000000843. The molecule has 12 aromatic rings. The van der Waals surface area contributed by atoms with Gasteiger partial charge in [-0.2, -0.15) is 0 Å². The van der Waals surface area contributed by atoms with E-state index in [4.69, 9.17) is 28.4 Å².